The number of nitrogens with two attached hydrogens (primary N) is 1. The van der Waals surface area contributed by atoms with Crippen LogP contribution in [0, 0.1) is 5.41 Å². The molecule has 3 rings (SSSR count). The Balaban J connectivity index is 0.00000243. The number of sulfonamides is 1. The molecule has 1 unspecified atom stereocenters. The van der Waals surface area contributed by atoms with Crippen LogP contribution in [0.1, 0.15) is 19.2 Å². The van der Waals surface area contributed by atoms with Gasteiger partial charge in [-0.3, -0.25) is 4.68 Å². The third kappa shape index (κ3) is 4.17. The highest BCUT2D eigenvalue weighted by atomic mass is 35.5. The van der Waals surface area contributed by atoms with E-state index in [2.05, 4.69) is 10.1 Å². The van der Waals surface area contributed by atoms with Gasteiger partial charge < -0.3 is 10.5 Å². The van der Waals surface area contributed by atoms with Crippen LogP contribution in [0.15, 0.2) is 35.5 Å². The molecule has 1 fully saturated rings. The lowest BCUT2D eigenvalue weighted by atomic mass is 9.90. The van der Waals surface area contributed by atoms with Gasteiger partial charge in [-0.15, -0.1) is 12.4 Å². The number of ether oxygens (including phenoxy) is 1. The van der Waals surface area contributed by atoms with Crippen LogP contribution in [0.5, 0.6) is 5.75 Å². The standard InChI is InChI=1S/C16H23N5O3S.ClH/c1-16(10-17)7-8-21(11-16)25(22,23)14-5-3-13(4-6-14)24-9-15-18-12-19-20(15)2;/h3-6,12H,7-11,17H2,1-2H3;1H. The third-order valence-corrected chi connectivity index (χ3v) is 6.51. The second-order valence-corrected chi connectivity index (χ2v) is 8.60. The fourth-order valence-corrected chi connectivity index (χ4v) is 4.40. The maximum Gasteiger partial charge on any atom is 0.243 e. The summed E-state index contributed by atoms with van der Waals surface area (Å²) in [7, 11) is -1.72. The Labute approximate surface area is 159 Å². The number of halogens is 1. The maximum absolute atomic E-state index is 12.8. The number of rotatable bonds is 6. The first-order valence-corrected chi connectivity index (χ1v) is 9.54. The second kappa shape index (κ2) is 7.91. The number of nitrogens with zero attached hydrogens (tertiary/aromatic N) is 4. The van der Waals surface area contributed by atoms with Gasteiger partial charge in [0.05, 0.1) is 4.90 Å². The highest BCUT2D eigenvalue weighted by Gasteiger charge is 2.38. The number of hydrogen-bond donors (Lipinski definition) is 1. The van der Waals surface area contributed by atoms with Gasteiger partial charge in [0, 0.05) is 20.1 Å². The fourth-order valence-electron chi connectivity index (χ4n) is 2.81. The fraction of sp³-hybridized carbons (Fsp3) is 0.500. The molecule has 144 valence electrons. The smallest absolute Gasteiger partial charge is 0.243 e. The summed E-state index contributed by atoms with van der Waals surface area (Å²) in [5, 5.41) is 3.97. The maximum atomic E-state index is 12.8. The van der Waals surface area contributed by atoms with Crippen LogP contribution in [-0.2, 0) is 23.7 Å². The van der Waals surface area contributed by atoms with E-state index in [-0.39, 0.29) is 29.3 Å². The van der Waals surface area contributed by atoms with Crippen molar-refractivity contribution >= 4 is 22.4 Å². The molecular weight excluding hydrogens is 378 g/mol. The van der Waals surface area contributed by atoms with Gasteiger partial charge in [-0.2, -0.15) is 9.40 Å². The molecule has 1 aromatic heterocycles. The molecule has 1 atom stereocenters. The number of aryl methyl sites for hydroxylation is 1. The van der Waals surface area contributed by atoms with Crippen LogP contribution in [-0.4, -0.2) is 47.1 Å². The van der Waals surface area contributed by atoms with Crippen molar-refractivity contribution in [1.29, 1.82) is 0 Å². The molecule has 26 heavy (non-hydrogen) atoms. The quantitative estimate of drug-likeness (QED) is 0.779. The van der Waals surface area contributed by atoms with Crippen LogP contribution in [0.2, 0.25) is 0 Å². The van der Waals surface area contributed by atoms with Gasteiger partial charge in [-0.25, -0.2) is 13.4 Å². The SMILES string of the molecule is Cl.Cn1ncnc1COc1ccc(S(=O)(=O)N2CCC(C)(CN)C2)cc1. The van der Waals surface area contributed by atoms with Gasteiger partial charge in [0.15, 0.2) is 5.82 Å². The largest absolute Gasteiger partial charge is 0.486 e. The number of benzene rings is 1. The van der Waals surface area contributed by atoms with Gasteiger partial charge >= 0.3 is 0 Å². The molecule has 2 aromatic rings. The summed E-state index contributed by atoms with van der Waals surface area (Å²) in [6.07, 6.45) is 2.24. The zero-order valence-electron chi connectivity index (χ0n) is 14.8. The highest BCUT2D eigenvalue weighted by Crippen LogP contribution is 2.32. The number of aromatic nitrogens is 3. The highest BCUT2D eigenvalue weighted by molar-refractivity contribution is 7.89. The summed E-state index contributed by atoms with van der Waals surface area (Å²) >= 11 is 0. The van der Waals surface area contributed by atoms with E-state index in [4.69, 9.17) is 10.5 Å². The minimum absolute atomic E-state index is 0. The summed E-state index contributed by atoms with van der Waals surface area (Å²) in [6.45, 7) is 3.72. The molecule has 10 heteroatoms. The van der Waals surface area contributed by atoms with E-state index in [1.165, 1.54) is 10.6 Å². The summed E-state index contributed by atoms with van der Waals surface area (Å²) in [6, 6.07) is 6.45. The molecule has 8 nitrogen and oxygen atoms in total. The van der Waals surface area contributed by atoms with Crippen LogP contribution in [0.25, 0.3) is 0 Å². The van der Waals surface area contributed by atoms with Gasteiger partial charge in [0.1, 0.15) is 18.7 Å². The predicted octanol–water partition coefficient (Wildman–Crippen LogP) is 1.18. The van der Waals surface area contributed by atoms with E-state index in [0.29, 0.717) is 31.2 Å². The van der Waals surface area contributed by atoms with Crippen LogP contribution < -0.4 is 10.5 Å². The van der Waals surface area contributed by atoms with Gasteiger partial charge in [0.25, 0.3) is 0 Å². The molecule has 0 spiro atoms. The lowest BCUT2D eigenvalue weighted by molar-refractivity contribution is 0.289. The monoisotopic (exact) mass is 401 g/mol. The summed E-state index contributed by atoms with van der Waals surface area (Å²) in [4.78, 5) is 4.34. The van der Waals surface area contributed by atoms with Crippen LogP contribution in [0.4, 0.5) is 0 Å². The molecule has 0 aliphatic carbocycles. The zero-order chi connectivity index (χ0) is 18.1. The predicted molar refractivity (Wildman–Crippen MR) is 99.6 cm³/mol. The van der Waals surface area contributed by atoms with E-state index in [1.54, 1.807) is 36.0 Å². The number of hydrogen-bond acceptors (Lipinski definition) is 6. The van der Waals surface area contributed by atoms with Crippen molar-refractivity contribution in [2.24, 2.45) is 18.2 Å². The van der Waals surface area contributed by atoms with Crippen molar-refractivity contribution in [2.45, 2.75) is 24.8 Å². The Morgan fingerprint density at radius 2 is 2.00 bits per heavy atom. The summed E-state index contributed by atoms with van der Waals surface area (Å²) in [5.41, 5.74) is 5.62. The Kier molecular flexibility index (Phi) is 6.28. The van der Waals surface area contributed by atoms with E-state index in [1.807, 2.05) is 6.92 Å². The van der Waals surface area contributed by atoms with Crippen molar-refractivity contribution < 1.29 is 13.2 Å². The van der Waals surface area contributed by atoms with Crippen molar-refractivity contribution in [3.8, 4) is 5.75 Å². The Morgan fingerprint density at radius 3 is 2.54 bits per heavy atom. The average molecular weight is 402 g/mol. The second-order valence-electron chi connectivity index (χ2n) is 6.66. The summed E-state index contributed by atoms with van der Waals surface area (Å²) < 4.78 is 34.3. The Bertz CT molecular complexity index is 840. The molecule has 2 heterocycles. The molecule has 1 aromatic carbocycles. The topological polar surface area (TPSA) is 103 Å². The average Bonchev–Trinajstić information content (AvgIpc) is 3.20. The van der Waals surface area contributed by atoms with Gasteiger partial charge in [-0.05, 0) is 42.6 Å². The van der Waals surface area contributed by atoms with Crippen molar-refractivity contribution in [1.82, 2.24) is 19.1 Å². The molecule has 1 aliphatic heterocycles. The zero-order valence-corrected chi connectivity index (χ0v) is 16.5. The molecule has 2 N–H and O–H groups in total. The van der Waals surface area contributed by atoms with Crippen molar-refractivity contribution in [3.05, 3.63) is 36.4 Å². The van der Waals surface area contributed by atoms with E-state index in [0.717, 1.165) is 6.42 Å². The molecule has 0 bridgehead atoms. The molecule has 0 saturated carbocycles. The van der Waals surface area contributed by atoms with Gasteiger partial charge in [-0.1, -0.05) is 6.92 Å². The minimum Gasteiger partial charge on any atom is -0.486 e. The first-order valence-electron chi connectivity index (χ1n) is 8.10. The minimum atomic E-state index is -3.51. The molecule has 1 aliphatic rings. The lowest BCUT2D eigenvalue weighted by Crippen LogP contribution is -2.34. The molecule has 0 radical (unpaired) electrons. The molecule has 0 amide bonds. The van der Waals surface area contributed by atoms with Crippen LogP contribution >= 0.6 is 12.4 Å². The lowest BCUT2D eigenvalue weighted by Gasteiger charge is -2.22. The molecule has 1 saturated heterocycles. The van der Waals surface area contributed by atoms with E-state index >= 15 is 0 Å². The normalized spacial score (nSPS) is 20.7. The third-order valence-electron chi connectivity index (χ3n) is 4.65. The van der Waals surface area contributed by atoms with Crippen molar-refractivity contribution in [3.63, 3.8) is 0 Å². The first kappa shape index (κ1) is 20.6. The first-order chi connectivity index (χ1) is 11.8. The Hall–Kier alpha value is -1.68. The van der Waals surface area contributed by atoms with E-state index in [9.17, 15) is 8.42 Å². The van der Waals surface area contributed by atoms with Gasteiger partial charge in [0.2, 0.25) is 10.0 Å². The van der Waals surface area contributed by atoms with Crippen LogP contribution in [0.3, 0.4) is 0 Å². The summed E-state index contributed by atoms with van der Waals surface area (Å²) in [5.74, 6) is 1.27. The Morgan fingerprint density at radius 1 is 1.31 bits per heavy atom. The molecular formula is C16H24ClN5O3S. The van der Waals surface area contributed by atoms with Crippen molar-refractivity contribution in [2.75, 3.05) is 19.6 Å². The van der Waals surface area contributed by atoms with E-state index < -0.39 is 10.0 Å².